The number of hydrogen-bond donors (Lipinski definition) is 2. The number of H-pyrrole nitrogens is 1. The number of carbonyl (C=O) groups excluding carboxylic acids is 1. The molecule has 5 heteroatoms. The van der Waals surface area contributed by atoms with Crippen LogP contribution in [0.15, 0.2) is 29.4 Å². The number of fused-ring (bicyclic) bond motifs is 1. The highest BCUT2D eigenvalue weighted by Gasteiger charge is 2.25. The van der Waals surface area contributed by atoms with E-state index in [1.165, 1.54) is 31.0 Å². The third kappa shape index (κ3) is 3.46. The number of nitrogens with zero attached hydrogens (tertiary/aromatic N) is 1. The van der Waals surface area contributed by atoms with E-state index in [1.54, 1.807) is 0 Å². The van der Waals surface area contributed by atoms with Gasteiger partial charge in [-0.3, -0.25) is 4.79 Å². The monoisotopic (exact) mass is 317 g/mol. The Morgan fingerprint density at radius 1 is 1.36 bits per heavy atom. The van der Waals surface area contributed by atoms with Crippen molar-refractivity contribution in [3.8, 4) is 0 Å². The molecule has 1 aromatic carbocycles. The fraction of sp³-hybridized carbons (Fsp3) is 0.529. The largest absolute Gasteiger partial charge is 0.352 e. The van der Waals surface area contributed by atoms with E-state index < -0.39 is 0 Å². The van der Waals surface area contributed by atoms with Gasteiger partial charge in [-0.05, 0) is 37.8 Å². The lowest BCUT2D eigenvalue weighted by Crippen LogP contribution is -2.44. The molecule has 0 radical (unpaired) electrons. The van der Waals surface area contributed by atoms with Crippen LogP contribution in [0.2, 0.25) is 0 Å². The Labute approximate surface area is 135 Å². The summed E-state index contributed by atoms with van der Waals surface area (Å²) in [5.74, 6) is 0.699. The molecule has 4 nitrogen and oxygen atoms in total. The van der Waals surface area contributed by atoms with Gasteiger partial charge in [0.05, 0.1) is 16.3 Å². The van der Waals surface area contributed by atoms with Crippen molar-refractivity contribution in [3.63, 3.8) is 0 Å². The Morgan fingerprint density at radius 3 is 2.91 bits per heavy atom. The number of benzene rings is 1. The first-order valence-corrected chi connectivity index (χ1v) is 8.93. The molecule has 1 saturated carbocycles. The van der Waals surface area contributed by atoms with Crippen molar-refractivity contribution in [3.05, 3.63) is 24.3 Å². The highest BCUT2D eigenvalue weighted by molar-refractivity contribution is 8.00. The van der Waals surface area contributed by atoms with E-state index >= 15 is 0 Å². The van der Waals surface area contributed by atoms with E-state index in [0.717, 1.165) is 22.6 Å². The maximum atomic E-state index is 12.4. The molecule has 2 aromatic rings. The number of carbonyl (C=O) groups is 1. The minimum absolute atomic E-state index is 0.115. The Bertz CT molecular complexity index is 621. The Balaban J connectivity index is 1.60. The number of aromatic amines is 1. The van der Waals surface area contributed by atoms with Crippen LogP contribution in [-0.4, -0.2) is 27.2 Å². The minimum Gasteiger partial charge on any atom is -0.352 e. The lowest BCUT2D eigenvalue weighted by atomic mass is 9.86. The van der Waals surface area contributed by atoms with Gasteiger partial charge in [0.1, 0.15) is 0 Å². The number of hydrogen-bond acceptors (Lipinski definition) is 3. The van der Waals surface area contributed by atoms with Gasteiger partial charge in [-0.25, -0.2) is 4.98 Å². The zero-order chi connectivity index (χ0) is 15.5. The molecule has 2 N–H and O–H groups in total. The third-order valence-corrected chi connectivity index (χ3v) is 5.45. The van der Waals surface area contributed by atoms with Crippen LogP contribution in [-0.2, 0) is 4.79 Å². The van der Waals surface area contributed by atoms with Crippen LogP contribution in [0.25, 0.3) is 11.0 Å². The smallest absolute Gasteiger partial charge is 0.233 e. The summed E-state index contributed by atoms with van der Waals surface area (Å²) < 4.78 is 0. The number of rotatable bonds is 4. The topological polar surface area (TPSA) is 57.8 Å². The predicted octanol–water partition coefficient (Wildman–Crippen LogP) is 3.74. The fourth-order valence-corrected chi connectivity index (χ4v) is 3.87. The Morgan fingerprint density at radius 2 is 2.14 bits per heavy atom. The molecule has 118 valence electrons. The predicted molar refractivity (Wildman–Crippen MR) is 91.0 cm³/mol. The van der Waals surface area contributed by atoms with Gasteiger partial charge >= 0.3 is 0 Å². The van der Waals surface area contributed by atoms with Gasteiger partial charge in [0, 0.05) is 6.04 Å². The summed E-state index contributed by atoms with van der Waals surface area (Å²) in [7, 11) is 0. The third-order valence-electron chi connectivity index (χ3n) is 4.46. The minimum atomic E-state index is -0.144. The summed E-state index contributed by atoms with van der Waals surface area (Å²) >= 11 is 1.49. The molecule has 0 saturated heterocycles. The average molecular weight is 317 g/mol. The van der Waals surface area contributed by atoms with Gasteiger partial charge in [0.25, 0.3) is 0 Å². The van der Waals surface area contributed by atoms with Crippen LogP contribution in [0.5, 0.6) is 0 Å². The maximum Gasteiger partial charge on any atom is 0.233 e. The molecular formula is C17H23N3OS. The summed E-state index contributed by atoms with van der Waals surface area (Å²) in [6.45, 7) is 4.18. The van der Waals surface area contributed by atoms with Crippen LogP contribution < -0.4 is 5.32 Å². The van der Waals surface area contributed by atoms with Crippen LogP contribution in [0.1, 0.15) is 39.5 Å². The van der Waals surface area contributed by atoms with Crippen LogP contribution in [0.4, 0.5) is 0 Å². The lowest BCUT2D eigenvalue weighted by molar-refractivity contribution is -0.121. The molecule has 1 aliphatic rings. The molecule has 1 aromatic heterocycles. The second-order valence-electron chi connectivity index (χ2n) is 6.20. The molecule has 1 amide bonds. The van der Waals surface area contributed by atoms with E-state index in [9.17, 15) is 4.79 Å². The zero-order valence-corrected chi connectivity index (χ0v) is 14.0. The number of imidazole rings is 1. The van der Waals surface area contributed by atoms with Crippen molar-refractivity contribution in [2.45, 2.75) is 56.0 Å². The second-order valence-corrected chi connectivity index (χ2v) is 7.53. The Hall–Kier alpha value is -1.49. The molecule has 22 heavy (non-hydrogen) atoms. The van der Waals surface area contributed by atoms with Gasteiger partial charge in [-0.1, -0.05) is 43.7 Å². The van der Waals surface area contributed by atoms with Crippen molar-refractivity contribution in [1.29, 1.82) is 0 Å². The number of aromatic nitrogens is 2. The summed E-state index contributed by atoms with van der Waals surface area (Å²) in [4.78, 5) is 20.2. The highest BCUT2D eigenvalue weighted by Crippen LogP contribution is 2.26. The van der Waals surface area contributed by atoms with E-state index in [1.807, 2.05) is 31.2 Å². The van der Waals surface area contributed by atoms with Crippen LogP contribution in [0.3, 0.4) is 0 Å². The standard InChI is InChI=1S/C17H23N3OS/c1-11-7-3-4-8-13(11)18-16(21)12(2)22-17-19-14-9-5-6-10-15(14)20-17/h5-6,9-13H,3-4,7-8H2,1-2H3,(H,18,21)(H,19,20)/t11-,12-,13+/m0/s1. The lowest BCUT2D eigenvalue weighted by Gasteiger charge is -2.30. The quantitative estimate of drug-likeness (QED) is 0.845. The molecule has 0 unspecified atom stereocenters. The van der Waals surface area contributed by atoms with E-state index in [-0.39, 0.29) is 11.2 Å². The number of thioether (sulfide) groups is 1. The molecule has 3 rings (SSSR count). The number of amides is 1. The maximum absolute atomic E-state index is 12.4. The molecule has 0 aliphatic heterocycles. The van der Waals surface area contributed by atoms with Gasteiger partial charge in [-0.2, -0.15) is 0 Å². The van der Waals surface area contributed by atoms with Crippen molar-refractivity contribution >= 4 is 28.7 Å². The van der Waals surface area contributed by atoms with Gasteiger partial charge < -0.3 is 10.3 Å². The van der Waals surface area contributed by atoms with Gasteiger partial charge in [0.15, 0.2) is 5.16 Å². The molecule has 1 aliphatic carbocycles. The van der Waals surface area contributed by atoms with Crippen molar-refractivity contribution in [2.75, 3.05) is 0 Å². The summed E-state index contributed by atoms with van der Waals surface area (Å²) in [5, 5.41) is 3.88. The van der Waals surface area contributed by atoms with Crippen molar-refractivity contribution in [1.82, 2.24) is 15.3 Å². The first-order valence-electron chi connectivity index (χ1n) is 8.05. The summed E-state index contributed by atoms with van der Waals surface area (Å²) in [5.41, 5.74) is 1.96. The molecule has 1 heterocycles. The van der Waals surface area contributed by atoms with E-state index in [4.69, 9.17) is 0 Å². The Kier molecular flexibility index (Phi) is 4.71. The second kappa shape index (κ2) is 6.73. The SMILES string of the molecule is C[C@H](Sc1nc2ccccc2[nH]1)C(=O)N[C@@H]1CCCC[C@@H]1C. The summed E-state index contributed by atoms with van der Waals surface area (Å²) in [6.07, 6.45) is 4.84. The molecular weight excluding hydrogens is 294 g/mol. The number of para-hydroxylation sites is 2. The first kappa shape index (κ1) is 15.4. The van der Waals surface area contributed by atoms with E-state index in [2.05, 4.69) is 22.2 Å². The van der Waals surface area contributed by atoms with E-state index in [0.29, 0.717) is 12.0 Å². The van der Waals surface area contributed by atoms with Crippen LogP contribution in [0, 0.1) is 5.92 Å². The van der Waals surface area contributed by atoms with Gasteiger partial charge in [0.2, 0.25) is 5.91 Å². The zero-order valence-electron chi connectivity index (χ0n) is 13.1. The first-order chi connectivity index (χ1) is 10.6. The highest BCUT2D eigenvalue weighted by atomic mass is 32.2. The normalized spacial score (nSPS) is 23.4. The summed E-state index contributed by atoms with van der Waals surface area (Å²) in [6, 6.07) is 8.26. The molecule has 0 bridgehead atoms. The molecule has 0 spiro atoms. The van der Waals surface area contributed by atoms with Crippen molar-refractivity contribution in [2.24, 2.45) is 5.92 Å². The number of nitrogens with one attached hydrogen (secondary N) is 2. The molecule has 3 atom stereocenters. The van der Waals surface area contributed by atoms with Gasteiger partial charge in [-0.15, -0.1) is 0 Å². The van der Waals surface area contributed by atoms with Crippen molar-refractivity contribution < 1.29 is 4.79 Å². The van der Waals surface area contributed by atoms with Crippen LogP contribution >= 0.6 is 11.8 Å². The average Bonchev–Trinajstić information content (AvgIpc) is 2.91. The molecule has 1 fully saturated rings. The fourth-order valence-electron chi connectivity index (χ4n) is 3.04.